The van der Waals surface area contributed by atoms with Crippen LogP contribution in [0.15, 0.2) is 18.2 Å². The molecule has 2 rings (SSSR count). The number of carbonyl (C=O) groups is 2. The lowest BCUT2D eigenvalue weighted by Crippen LogP contribution is -2.42. The lowest BCUT2D eigenvalue weighted by atomic mass is 9.97. The number of methoxy groups -OCH3 is 1. The third-order valence-electron chi connectivity index (χ3n) is 3.96. The second-order valence-electron chi connectivity index (χ2n) is 5.59. The largest absolute Gasteiger partial charge is 0.493 e. The van der Waals surface area contributed by atoms with Crippen molar-refractivity contribution < 1.29 is 32.6 Å². The minimum Gasteiger partial charge on any atom is -0.493 e. The first-order valence-electron chi connectivity index (χ1n) is 8.05. The highest BCUT2D eigenvalue weighted by molar-refractivity contribution is 5.95. The molecule has 0 N–H and O–H groups in total. The van der Waals surface area contributed by atoms with E-state index in [1.807, 2.05) is 0 Å². The first kappa shape index (κ1) is 19.0. The highest BCUT2D eigenvalue weighted by Crippen LogP contribution is 2.30. The summed E-state index contributed by atoms with van der Waals surface area (Å²) in [7, 11) is 1.31. The van der Waals surface area contributed by atoms with Crippen LogP contribution in [0.1, 0.15) is 30.1 Å². The molecule has 25 heavy (non-hydrogen) atoms. The van der Waals surface area contributed by atoms with Gasteiger partial charge in [0.1, 0.15) is 0 Å². The lowest BCUT2D eigenvalue weighted by Gasteiger charge is -2.31. The minimum atomic E-state index is -2.98. The van der Waals surface area contributed by atoms with E-state index >= 15 is 0 Å². The minimum absolute atomic E-state index is 0.0464. The molecule has 1 unspecified atom stereocenters. The van der Waals surface area contributed by atoms with Crippen molar-refractivity contribution in [2.75, 3.05) is 26.8 Å². The zero-order valence-corrected chi connectivity index (χ0v) is 14.2. The van der Waals surface area contributed by atoms with Crippen molar-refractivity contribution in [2.45, 2.75) is 26.4 Å². The fourth-order valence-electron chi connectivity index (χ4n) is 2.79. The number of halogens is 2. The quantitative estimate of drug-likeness (QED) is 0.733. The van der Waals surface area contributed by atoms with E-state index < -0.39 is 6.61 Å². The third-order valence-corrected chi connectivity index (χ3v) is 3.96. The maximum absolute atomic E-state index is 12.7. The Bertz CT molecular complexity index is 623. The zero-order chi connectivity index (χ0) is 18.4. The summed E-state index contributed by atoms with van der Waals surface area (Å²) in [5.74, 6) is -1.04. The number of piperidine rings is 1. The monoisotopic (exact) mass is 357 g/mol. The van der Waals surface area contributed by atoms with Crippen molar-refractivity contribution in [3.05, 3.63) is 23.8 Å². The highest BCUT2D eigenvalue weighted by atomic mass is 19.3. The molecular weight excluding hydrogens is 336 g/mol. The average molecular weight is 357 g/mol. The number of hydrogen-bond donors (Lipinski definition) is 0. The molecule has 8 heteroatoms. The van der Waals surface area contributed by atoms with Gasteiger partial charge >= 0.3 is 12.6 Å². The number of likely N-dealkylation sites (tertiary alicyclic amines) is 1. The maximum Gasteiger partial charge on any atom is 0.387 e. The van der Waals surface area contributed by atoms with Crippen molar-refractivity contribution in [1.82, 2.24) is 4.90 Å². The number of rotatable bonds is 6. The van der Waals surface area contributed by atoms with Gasteiger partial charge in [0, 0.05) is 18.7 Å². The molecule has 1 heterocycles. The second kappa shape index (κ2) is 8.64. The van der Waals surface area contributed by atoms with Crippen molar-refractivity contribution >= 4 is 11.9 Å². The zero-order valence-electron chi connectivity index (χ0n) is 14.2. The van der Waals surface area contributed by atoms with E-state index in [1.165, 1.54) is 25.3 Å². The number of nitrogens with zero attached hydrogens (tertiary/aromatic N) is 1. The van der Waals surface area contributed by atoms with Crippen LogP contribution in [0.3, 0.4) is 0 Å². The molecule has 0 saturated carbocycles. The van der Waals surface area contributed by atoms with E-state index in [0.29, 0.717) is 26.0 Å². The summed E-state index contributed by atoms with van der Waals surface area (Å²) in [6.07, 6.45) is 1.37. The van der Waals surface area contributed by atoms with Crippen molar-refractivity contribution in [1.29, 1.82) is 0 Å². The van der Waals surface area contributed by atoms with Gasteiger partial charge in [0.2, 0.25) is 0 Å². The van der Waals surface area contributed by atoms with E-state index in [4.69, 9.17) is 9.47 Å². The summed E-state index contributed by atoms with van der Waals surface area (Å²) >= 11 is 0. The molecule has 0 spiro atoms. The van der Waals surface area contributed by atoms with Crippen LogP contribution in [-0.4, -0.2) is 50.2 Å². The second-order valence-corrected chi connectivity index (χ2v) is 5.59. The van der Waals surface area contributed by atoms with E-state index in [-0.39, 0.29) is 41.4 Å². The molecule has 1 aromatic carbocycles. The van der Waals surface area contributed by atoms with Crippen LogP contribution in [0.5, 0.6) is 11.5 Å². The Kier molecular flexibility index (Phi) is 6.55. The van der Waals surface area contributed by atoms with Gasteiger partial charge in [-0.25, -0.2) is 0 Å². The first-order valence-corrected chi connectivity index (χ1v) is 8.05. The Morgan fingerprint density at radius 3 is 2.72 bits per heavy atom. The molecule has 1 saturated heterocycles. The van der Waals surface area contributed by atoms with Gasteiger partial charge in [-0.2, -0.15) is 8.78 Å². The van der Waals surface area contributed by atoms with E-state index in [2.05, 4.69) is 4.74 Å². The van der Waals surface area contributed by atoms with Crippen LogP contribution in [0.2, 0.25) is 0 Å². The fourth-order valence-corrected chi connectivity index (χ4v) is 2.79. The topological polar surface area (TPSA) is 65.1 Å². The van der Waals surface area contributed by atoms with E-state index in [9.17, 15) is 18.4 Å². The third kappa shape index (κ3) is 4.80. The Labute approximate surface area is 144 Å². The van der Waals surface area contributed by atoms with Gasteiger partial charge in [-0.1, -0.05) is 0 Å². The summed E-state index contributed by atoms with van der Waals surface area (Å²) in [6.45, 7) is -0.157. The van der Waals surface area contributed by atoms with E-state index in [1.54, 1.807) is 11.8 Å². The number of ether oxygens (including phenoxy) is 3. The number of carbonyl (C=O) groups excluding carboxylic acids is 2. The molecule has 1 aliphatic heterocycles. The molecule has 0 bridgehead atoms. The van der Waals surface area contributed by atoms with Gasteiger partial charge in [0.05, 0.1) is 19.6 Å². The van der Waals surface area contributed by atoms with Crippen molar-refractivity contribution in [3.63, 3.8) is 0 Å². The van der Waals surface area contributed by atoms with Gasteiger partial charge in [-0.3, -0.25) is 9.59 Å². The van der Waals surface area contributed by atoms with Gasteiger partial charge < -0.3 is 19.1 Å². The predicted octanol–water partition coefficient (Wildman–Crippen LogP) is 2.71. The van der Waals surface area contributed by atoms with Gasteiger partial charge in [-0.15, -0.1) is 0 Å². The van der Waals surface area contributed by atoms with Crippen LogP contribution in [-0.2, 0) is 9.53 Å². The van der Waals surface area contributed by atoms with E-state index in [0.717, 1.165) is 0 Å². The SMILES string of the molecule is CCOC(=O)C1CCCN(C(=O)c2ccc(OC(F)F)c(OC)c2)C1. The Morgan fingerprint density at radius 1 is 1.32 bits per heavy atom. The summed E-state index contributed by atoms with van der Waals surface area (Å²) in [5.41, 5.74) is 0.281. The van der Waals surface area contributed by atoms with Crippen molar-refractivity contribution in [3.8, 4) is 11.5 Å². The van der Waals surface area contributed by atoms with Crippen LogP contribution in [0, 0.1) is 5.92 Å². The molecule has 1 aliphatic rings. The van der Waals surface area contributed by atoms with Gasteiger partial charge in [0.25, 0.3) is 5.91 Å². The highest BCUT2D eigenvalue weighted by Gasteiger charge is 2.30. The number of amides is 1. The molecule has 138 valence electrons. The number of hydrogen-bond acceptors (Lipinski definition) is 5. The number of esters is 1. The summed E-state index contributed by atoms with van der Waals surface area (Å²) in [6, 6.07) is 4.02. The Balaban J connectivity index is 2.12. The molecule has 6 nitrogen and oxygen atoms in total. The fraction of sp³-hybridized carbons (Fsp3) is 0.529. The molecule has 1 amide bonds. The Morgan fingerprint density at radius 2 is 2.08 bits per heavy atom. The lowest BCUT2D eigenvalue weighted by molar-refractivity contribution is -0.149. The van der Waals surface area contributed by atoms with Crippen molar-refractivity contribution in [2.24, 2.45) is 5.92 Å². The normalized spacial score (nSPS) is 17.3. The maximum atomic E-state index is 12.7. The van der Waals surface area contributed by atoms with Crippen LogP contribution >= 0.6 is 0 Å². The number of benzene rings is 1. The standard InChI is InChI=1S/C17H21F2NO5/c1-3-24-16(22)12-5-4-8-20(10-12)15(21)11-6-7-13(25-17(18)19)14(9-11)23-2/h6-7,9,12,17H,3-5,8,10H2,1-2H3. The van der Waals surface area contributed by atoms with Gasteiger partial charge in [0.15, 0.2) is 11.5 Å². The molecular formula is C17H21F2NO5. The molecule has 0 aromatic heterocycles. The summed E-state index contributed by atoms with van der Waals surface area (Å²) in [5, 5.41) is 0. The smallest absolute Gasteiger partial charge is 0.387 e. The van der Waals surface area contributed by atoms with Crippen LogP contribution in [0.25, 0.3) is 0 Å². The molecule has 0 radical (unpaired) electrons. The number of alkyl halides is 2. The van der Waals surface area contributed by atoms with Gasteiger partial charge in [-0.05, 0) is 38.0 Å². The predicted molar refractivity (Wildman–Crippen MR) is 84.9 cm³/mol. The van der Waals surface area contributed by atoms with Crippen LogP contribution < -0.4 is 9.47 Å². The molecule has 1 aromatic rings. The molecule has 0 aliphatic carbocycles. The molecule has 1 fully saturated rings. The molecule has 1 atom stereocenters. The average Bonchev–Trinajstić information content (AvgIpc) is 2.61. The summed E-state index contributed by atoms with van der Waals surface area (Å²) in [4.78, 5) is 26.1. The summed E-state index contributed by atoms with van der Waals surface area (Å²) < 4.78 is 39.1. The van der Waals surface area contributed by atoms with Crippen LogP contribution in [0.4, 0.5) is 8.78 Å². The Hall–Kier alpha value is -2.38. The first-order chi connectivity index (χ1) is 12.0.